The van der Waals surface area contributed by atoms with Crippen molar-refractivity contribution in [1.29, 1.82) is 0 Å². The number of nitrogens with one attached hydrogen (secondary N) is 2. The van der Waals surface area contributed by atoms with Crippen LogP contribution >= 0.6 is 24.0 Å². The Kier molecular flexibility index (Phi) is 10.4. The number of halogens is 1. The molecule has 0 aliphatic heterocycles. The molecule has 1 saturated carbocycles. The molecule has 0 heterocycles. The van der Waals surface area contributed by atoms with Gasteiger partial charge in [-0.3, -0.25) is 9.79 Å². The molecule has 0 atom stereocenters. The minimum atomic E-state index is -0.0519. The molecule has 0 spiro atoms. The van der Waals surface area contributed by atoms with Crippen LogP contribution in [-0.2, 0) is 11.3 Å². The standard InChI is InChI=1S/C19H30N4O2.HI/c1-4-5-11-23(3)19(20-2)21-13-15-7-6-8-17(12-15)25-14-18(24)22-16-9-10-16;/h6-8,12,16H,4-5,9-11,13-14H2,1-3H3,(H,20,21)(H,22,24);1H. The summed E-state index contributed by atoms with van der Waals surface area (Å²) in [5.41, 5.74) is 1.09. The van der Waals surface area contributed by atoms with Crippen LogP contribution in [0.15, 0.2) is 29.3 Å². The smallest absolute Gasteiger partial charge is 0.258 e. The predicted molar refractivity (Wildman–Crippen MR) is 116 cm³/mol. The van der Waals surface area contributed by atoms with Gasteiger partial charge in [0.15, 0.2) is 12.6 Å². The van der Waals surface area contributed by atoms with Gasteiger partial charge in [-0.1, -0.05) is 25.5 Å². The molecule has 1 aromatic rings. The molecule has 0 saturated heterocycles. The van der Waals surface area contributed by atoms with Crippen LogP contribution in [0, 0.1) is 0 Å². The van der Waals surface area contributed by atoms with Crippen molar-refractivity contribution < 1.29 is 9.53 Å². The fraction of sp³-hybridized carbons (Fsp3) is 0.579. The van der Waals surface area contributed by atoms with Crippen LogP contribution in [0.5, 0.6) is 5.75 Å². The van der Waals surface area contributed by atoms with E-state index in [1.807, 2.05) is 31.3 Å². The lowest BCUT2D eigenvalue weighted by atomic mass is 10.2. The number of benzene rings is 1. The van der Waals surface area contributed by atoms with Crippen LogP contribution in [0.1, 0.15) is 38.2 Å². The van der Waals surface area contributed by atoms with Gasteiger partial charge in [-0.15, -0.1) is 24.0 Å². The lowest BCUT2D eigenvalue weighted by Crippen LogP contribution is -2.38. The van der Waals surface area contributed by atoms with E-state index in [1.54, 1.807) is 7.05 Å². The summed E-state index contributed by atoms with van der Waals surface area (Å²) < 4.78 is 5.59. The molecule has 2 N–H and O–H groups in total. The first-order valence-corrected chi connectivity index (χ1v) is 9.05. The van der Waals surface area contributed by atoms with Crippen molar-refractivity contribution in [1.82, 2.24) is 15.5 Å². The van der Waals surface area contributed by atoms with Crippen LogP contribution in [0.4, 0.5) is 0 Å². The second kappa shape index (κ2) is 12.0. The van der Waals surface area contributed by atoms with E-state index in [0.29, 0.717) is 18.3 Å². The van der Waals surface area contributed by atoms with E-state index in [1.165, 1.54) is 0 Å². The Labute approximate surface area is 173 Å². The number of guanidine groups is 1. The molecular formula is C19H31IN4O2. The summed E-state index contributed by atoms with van der Waals surface area (Å²) in [4.78, 5) is 18.1. The molecule has 2 rings (SSSR count). The SMILES string of the molecule is CCCCN(C)C(=NC)NCc1cccc(OCC(=O)NC2CC2)c1.I. The lowest BCUT2D eigenvalue weighted by Gasteiger charge is -2.22. The van der Waals surface area contributed by atoms with Crippen LogP contribution < -0.4 is 15.4 Å². The Morgan fingerprint density at radius 3 is 2.81 bits per heavy atom. The van der Waals surface area contributed by atoms with Crippen LogP contribution in [-0.4, -0.2) is 50.1 Å². The predicted octanol–water partition coefficient (Wildman–Crippen LogP) is 2.77. The molecule has 1 amide bonds. The van der Waals surface area contributed by atoms with Crippen molar-refractivity contribution in [2.75, 3.05) is 27.2 Å². The zero-order chi connectivity index (χ0) is 18.1. The molecule has 146 valence electrons. The molecule has 0 aromatic heterocycles. The van der Waals surface area contributed by atoms with Gasteiger partial charge in [-0.2, -0.15) is 0 Å². The average molecular weight is 474 g/mol. The number of carbonyl (C=O) groups is 1. The van der Waals surface area contributed by atoms with E-state index in [-0.39, 0.29) is 36.5 Å². The molecule has 1 aliphatic rings. The Morgan fingerprint density at radius 1 is 1.38 bits per heavy atom. The number of ether oxygens (including phenoxy) is 1. The van der Waals surface area contributed by atoms with Crippen molar-refractivity contribution in [2.24, 2.45) is 4.99 Å². The van der Waals surface area contributed by atoms with Gasteiger partial charge in [0.25, 0.3) is 5.91 Å². The highest BCUT2D eigenvalue weighted by atomic mass is 127. The third kappa shape index (κ3) is 8.25. The molecule has 1 aliphatic carbocycles. The summed E-state index contributed by atoms with van der Waals surface area (Å²) in [5.74, 6) is 1.53. The zero-order valence-corrected chi connectivity index (χ0v) is 18.3. The van der Waals surface area contributed by atoms with Crippen molar-refractivity contribution >= 4 is 35.8 Å². The number of aliphatic imine (C=N–C) groups is 1. The van der Waals surface area contributed by atoms with Gasteiger partial charge in [-0.05, 0) is 37.0 Å². The number of hydrogen-bond acceptors (Lipinski definition) is 3. The summed E-state index contributed by atoms with van der Waals surface area (Å²) in [5, 5.41) is 6.28. The number of amides is 1. The largest absolute Gasteiger partial charge is 0.484 e. The lowest BCUT2D eigenvalue weighted by molar-refractivity contribution is -0.123. The minimum absolute atomic E-state index is 0. The second-order valence-corrected chi connectivity index (χ2v) is 6.45. The van der Waals surface area contributed by atoms with E-state index < -0.39 is 0 Å². The number of nitrogens with zero attached hydrogens (tertiary/aromatic N) is 2. The Morgan fingerprint density at radius 2 is 2.15 bits per heavy atom. The Balaban J connectivity index is 0.00000338. The topological polar surface area (TPSA) is 66.0 Å². The maximum Gasteiger partial charge on any atom is 0.258 e. The van der Waals surface area contributed by atoms with Crippen molar-refractivity contribution in [3.05, 3.63) is 29.8 Å². The first-order valence-electron chi connectivity index (χ1n) is 9.05. The molecule has 26 heavy (non-hydrogen) atoms. The number of rotatable bonds is 9. The second-order valence-electron chi connectivity index (χ2n) is 6.45. The molecule has 1 aromatic carbocycles. The van der Waals surface area contributed by atoms with Crippen LogP contribution in [0.25, 0.3) is 0 Å². The molecular weight excluding hydrogens is 443 g/mol. The van der Waals surface area contributed by atoms with E-state index in [4.69, 9.17) is 4.74 Å². The maximum absolute atomic E-state index is 11.7. The summed E-state index contributed by atoms with van der Waals surface area (Å²) >= 11 is 0. The van der Waals surface area contributed by atoms with Gasteiger partial charge in [0, 0.05) is 33.2 Å². The average Bonchev–Trinajstić information content (AvgIpc) is 3.43. The highest BCUT2D eigenvalue weighted by Crippen LogP contribution is 2.18. The fourth-order valence-electron chi connectivity index (χ4n) is 2.46. The quantitative estimate of drug-likeness (QED) is 0.328. The normalized spacial score (nSPS) is 13.6. The van der Waals surface area contributed by atoms with Gasteiger partial charge in [0.2, 0.25) is 0 Å². The van der Waals surface area contributed by atoms with Crippen LogP contribution in [0.2, 0.25) is 0 Å². The Bertz CT molecular complexity index is 591. The summed E-state index contributed by atoms with van der Waals surface area (Å²) in [7, 11) is 3.84. The first-order chi connectivity index (χ1) is 12.1. The van der Waals surface area contributed by atoms with Crippen molar-refractivity contribution in [2.45, 2.75) is 45.2 Å². The summed E-state index contributed by atoms with van der Waals surface area (Å²) in [6.07, 6.45) is 4.47. The number of unbranched alkanes of at least 4 members (excludes halogenated alkanes) is 1. The van der Waals surface area contributed by atoms with Gasteiger partial charge in [0.05, 0.1) is 0 Å². The fourth-order valence-corrected chi connectivity index (χ4v) is 2.46. The van der Waals surface area contributed by atoms with E-state index in [2.05, 4.69) is 27.4 Å². The minimum Gasteiger partial charge on any atom is -0.484 e. The van der Waals surface area contributed by atoms with Crippen LogP contribution in [0.3, 0.4) is 0 Å². The molecule has 1 fully saturated rings. The molecule has 7 heteroatoms. The monoisotopic (exact) mass is 474 g/mol. The van der Waals surface area contributed by atoms with E-state index in [0.717, 1.165) is 43.8 Å². The van der Waals surface area contributed by atoms with Crippen molar-refractivity contribution in [3.8, 4) is 5.75 Å². The third-order valence-electron chi connectivity index (χ3n) is 4.08. The van der Waals surface area contributed by atoms with E-state index in [9.17, 15) is 4.79 Å². The first kappa shape index (κ1) is 22.5. The number of hydrogen-bond donors (Lipinski definition) is 2. The molecule has 6 nitrogen and oxygen atoms in total. The maximum atomic E-state index is 11.7. The highest BCUT2D eigenvalue weighted by molar-refractivity contribution is 14.0. The third-order valence-corrected chi connectivity index (χ3v) is 4.08. The van der Waals surface area contributed by atoms with Crippen molar-refractivity contribution in [3.63, 3.8) is 0 Å². The van der Waals surface area contributed by atoms with Gasteiger partial charge in [0.1, 0.15) is 5.75 Å². The number of carbonyl (C=O) groups excluding carboxylic acids is 1. The molecule has 0 unspecified atom stereocenters. The summed E-state index contributed by atoms with van der Waals surface area (Å²) in [6, 6.07) is 8.16. The van der Waals surface area contributed by atoms with Gasteiger partial charge >= 0.3 is 0 Å². The summed E-state index contributed by atoms with van der Waals surface area (Å²) in [6.45, 7) is 3.89. The molecule has 0 radical (unpaired) electrons. The van der Waals surface area contributed by atoms with E-state index >= 15 is 0 Å². The highest BCUT2D eigenvalue weighted by Gasteiger charge is 2.23. The zero-order valence-electron chi connectivity index (χ0n) is 16.0. The van der Waals surface area contributed by atoms with Gasteiger partial charge < -0.3 is 20.3 Å². The van der Waals surface area contributed by atoms with Gasteiger partial charge in [-0.25, -0.2) is 0 Å². The Hall–Kier alpha value is -1.51. The molecule has 0 bridgehead atoms.